The normalized spacial score (nSPS) is 19.4. The van der Waals surface area contributed by atoms with Gasteiger partial charge in [-0.1, -0.05) is 6.92 Å². The second kappa shape index (κ2) is 3.02. The Morgan fingerprint density at radius 1 is 1.88 bits per heavy atom. The standard InChI is InChI=1S/C6H9OS/c1-2-6-5-8-4-3-7-6/h2-4H2,1H3. The lowest BCUT2D eigenvalue weighted by atomic mass is 10.4. The molecular formula is C6H9OS. The summed E-state index contributed by atoms with van der Waals surface area (Å²) in [6.45, 7) is 2.94. The van der Waals surface area contributed by atoms with E-state index in [1.807, 2.05) is 0 Å². The van der Waals surface area contributed by atoms with Gasteiger partial charge in [0.15, 0.2) is 0 Å². The summed E-state index contributed by atoms with van der Waals surface area (Å²) >= 11 is 1.72. The van der Waals surface area contributed by atoms with Crippen molar-refractivity contribution in [3.8, 4) is 0 Å². The fourth-order valence-electron chi connectivity index (χ4n) is 0.542. The van der Waals surface area contributed by atoms with E-state index in [1.165, 1.54) is 0 Å². The Hall–Kier alpha value is -0.110. The summed E-state index contributed by atoms with van der Waals surface area (Å²) in [5.74, 6) is 2.07. The lowest BCUT2D eigenvalue weighted by Crippen LogP contribution is -2.00. The summed E-state index contributed by atoms with van der Waals surface area (Å²) in [4.78, 5) is 0. The summed E-state index contributed by atoms with van der Waals surface area (Å²) in [5.41, 5.74) is 0. The van der Waals surface area contributed by atoms with Crippen LogP contribution in [0, 0.1) is 5.41 Å². The molecule has 0 atom stereocenters. The first-order valence-corrected chi connectivity index (χ1v) is 3.78. The van der Waals surface area contributed by atoms with Gasteiger partial charge in [0.1, 0.15) is 5.76 Å². The van der Waals surface area contributed by atoms with Crippen molar-refractivity contribution in [2.45, 2.75) is 13.3 Å². The van der Waals surface area contributed by atoms with E-state index in [2.05, 4.69) is 12.3 Å². The van der Waals surface area contributed by atoms with E-state index in [4.69, 9.17) is 4.74 Å². The highest BCUT2D eigenvalue weighted by Crippen LogP contribution is 2.15. The summed E-state index contributed by atoms with van der Waals surface area (Å²) in [6.07, 6.45) is 0.979. The van der Waals surface area contributed by atoms with E-state index in [-0.39, 0.29) is 0 Å². The zero-order valence-electron chi connectivity index (χ0n) is 4.94. The van der Waals surface area contributed by atoms with Crippen molar-refractivity contribution in [2.75, 3.05) is 12.4 Å². The molecule has 2 heteroatoms. The molecule has 0 saturated heterocycles. The van der Waals surface area contributed by atoms with Crippen molar-refractivity contribution in [3.05, 3.63) is 11.2 Å². The molecule has 0 fully saturated rings. The summed E-state index contributed by atoms with van der Waals surface area (Å²) in [7, 11) is 0. The Morgan fingerprint density at radius 3 is 3.12 bits per heavy atom. The molecular weight excluding hydrogens is 120 g/mol. The molecule has 1 aliphatic heterocycles. The molecule has 45 valence electrons. The van der Waals surface area contributed by atoms with Crippen LogP contribution in [-0.4, -0.2) is 12.4 Å². The van der Waals surface area contributed by atoms with E-state index in [0.29, 0.717) is 0 Å². The van der Waals surface area contributed by atoms with Crippen LogP contribution >= 0.6 is 11.8 Å². The van der Waals surface area contributed by atoms with E-state index in [9.17, 15) is 0 Å². The van der Waals surface area contributed by atoms with Gasteiger partial charge in [0.25, 0.3) is 0 Å². The maximum atomic E-state index is 5.21. The Kier molecular flexibility index (Phi) is 2.27. The van der Waals surface area contributed by atoms with Gasteiger partial charge in [-0.25, -0.2) is 0 Å². The van der Waals surface area contributed by atoms with Crippen LogP contribution in [0.1, 0.15) is 13.3 Å². The average Bonchev–Trinajstić information content (AvgIpc) is 1.90. The number of hydrogen-bond acceptors (Lipinski definition) is 2. The van der Waals surface area contributed by atoms with Gasteiger partial charge in [0.2, 0.25) is 0 Å². The molecule has 0 aromatic heterocycles. The number of hydrogen-bond donors (Lipinski definition) is 0. The molecule has 1 aliphatic rings. The van der Waals surface area contributed by atoms with Crippen LogP contribution in [-0.2, 0) is 4.74 Å². The van der Waals surface area contributed by atoms with Crippen LogP contribution in [0.15, 0.2) is 5.76 Å². The molecule has 0 bridgehead atoms. The quantitative estimate of drug-likeness (QED) is 0.534. The van der Waals surface area contributed by atoms with Crippen molar-refractivity contribution in [1.29, 1.82) is 0 Å². The van der Waals surface area contributed by atoms with Gasteiger partial charge in [0, 0.05) is 12.2 Å². The maximum Gasteiger partial charge on any atom is 0.110 e. The smallest absolute Gasteiger partial charge is 0.110 e. The van der Waals surface area contributed by atoms with E-state index >= 15 is 0 Å². The largest absolute Gasteiger partial charge is 0.496 e. The van der Waals surface area contributed by atoms with Gasteiger partial charge in [-0.15, -0.1) is 11.8 Å². The topological polar surface area (TPSA) is 9.23 Å². The predicted molar refractivity (Wildman–Crippen MR) is 35.5 cm³/mol. The maximum absolute atomic E-state index is 5.21. The minimum Gasteiger partial charge on any atom is -0.496 e. The molecule has 8 heavy (non-hydrogen) atoms. The molecule has 1 rings (SSSR count). The first kappa shape index (κ1) is 6.02. The van der Waals surface area contributed by atoms with Crippen LogP contribution < -0.4 is 0 Å². The van der Waals surface area contributed by atoms with Gasteiger partial charge in [0.05, 0.1) is 12.0 Å². The molecule has 0 amide bonds. The molecule has 0 aromatic rings. The third-order valence-electron chi connectivity index (χ3n) is 0.969. The van der Waals surface area contributed by atoms with Crippen molar-refractivity contribution >= 4 is 11.8 Å². The molecule has 1 radical (unpaired) electrons. The molecule has 0 unspecified atom stereocenters. The number of rotatable bonds is 1. The Morgan fingerprint density at radius 2 is 2.75 bits per heavy atom. The van der Waals surface area contributed by atoms with Crippen LogP contribution in [0.3, 0.4) is 0 Å². The van der Waals surface area contributed by atoms with Gasteiger partial charge >= 0.3 is 0 Å². The van der Waals surface area contributed by atoms with Gasteiger partial charge in [-0.3, -0.25) is 0 Å². The molecule has 0 aromatic carbocycles. The Bertz CT molecular complexity index is 98.7. The van der Waals surface area contributed by atoms with Crippen LogP contribution in [0.25, 0.3) is 0 Å². The van der Waals surface area contributed by atoms with Crippen LogP contribution in [0.4, 0.5) is 0 Å². The highest BCUT2D eigenvalue weighted by atomic mass is 32.2. The highest BCUT2D eigenvalue weighted by Gasteiger charge is 2.00. The second-order valence-electron chi connectivity index (χ2n) is 1.58. The SMILES string of the molecule is CCC1=[C]SCCO1. The van der Waals surface area contributed by atoms with E-state index in [0.717, 1.165) is 24.5 Å². The first-order chi connectivity index (χ1) is 3.93. The number of thioether (sulfide) groups is 1. The third-order valence-corrected chi connectivity index (χ3v) is 1.71. The molecule has 0 spiro atoms. The second-order valence-corrected chi connectivity index (χ2v) is 2.48. The Balaban J connectivity index is 2.37. The minimum atomic E-state index is 0.862. The molecule has 0 N–H and O–H groups in total. The van der Waals surface area contributed by atoms with Crippen molar-refractivity contribution in [2.24, 2.45) is 0 Å². The van der Waals surface area contributed by atoms with Crippen molar-refractivity contribution in [3.63, 3.8) is 0 Å². The lowest BCUT2D eigenvalue weighted by Gasteiger charge is -2.10. The van der Waals surface area contributed by atoms with Crippen molar-refractivity contribution < 1.29 is 4.74 Å². The van der Waals surface area contributed by atoms with Gasteiger partial charge in [-0.2, -0.15) is 0 Å². The van der Waals surface area contributed by atoms with E-state index < -0.39 is 0 Å². The average molecular weight is 129 g/mol. The number of allylic oxidation sites excluding steroid dienone is 1. The van der Waals surface area contributed by atoms with Crippen LogP contribution in [0.5, 0.6) is 0 Å². The zero-order valence-corrected chi connectivity index (χ0v) is 5.75. The van der Waals surface area contributed by atoms with E-state index in [1.54, 1.807) is 11.8 Å². The van der Waals surface area contributed by atoms with Gasteiger partial charge < -0.3 is 4.74 Å². The minimum absolute atomic E-state index is 0.862. The summed E-state index contributed by atoms with van der Waals surface area (Å²) in [6, 6.07) is 0. The third kappa shape index (κ3) is 1.44. The fraction of sp³-hybridized carbons (Fsp3) is 0.667. The fourth-order valence-corrected chi connectivity index (χ4v) is 1.17. The molecule has 1 heterocycles. The molecule has 1 nitrogen and oxygen atoms in total. The van der Waals surface area contributed by atoms with Crippen LogP contribution in [0.2, 0.25) is 0 Å². The molecule has 0 aliphatic carbocycles. The lowest BCUT2D eigenvalue weighted by molar-refractivity contribution is 0.220. The Labute approximate surface area is 54.1 Å². The predicted octanol–water partition coefficient (Wildman–Crippen LogP) is 1.80. The molecule has 0 saturated carbocycles. The summed E-state index contributed by atoms with van der Waals surface area (Å²) < 4.78 is 5.21. The zero-order chi connectivity index (χ0) is 5.82. The van der Waals surface area contributed by atoms with Crippen molar-refractivity contribution in [1.82, 2.24) is 0 Å². The highest BCUT2D eigenvalue weighted by molar-refractivity contribution is 8.00. The monoisotopic (exact) mass is 129 g/mol. The number of ether oxygens (including phenoxy) is 1. The first-order valence-electron chi connectivity index (χ1n) is 2.80. The summed E-state index contributed by atoms with van der Waals surface area (Å²) in [5, 5.41) is 3.08. The van der Waals surface area contributed by atoms with Gasteiger partial charge in [-0.05, 0) is 0 Å².